The lowest BCUT2D eigenvalue weighted by atomic mass is 10.2. The quantitative estimate of drug-likeness (QED) is 0.648. The second-order valence-electron chi connectivity index (χ2n) is 2.33. The normalized spacial score (nSPS) is 11.5. The smallest absolute Gasteiger partial charge is 0.123 e. The number of halogens is 1. The molecule has 0 aromatic heterocycles. The lowest BCUT2D eigenvalue weighted by Crippen LogP contribution is -2.01. The summed E-state index contributed by atoms with van der Waals surface area (Å²) in [4.78, 5) is 0. The van der Waals surface area contributed by atoms with Gasteiger partial charge in [-0.2, -0.15) is 0 Å². The fourth-order valence-electron chi connectivity index (χ4n) is 0.785. The van der Waals surface area contributed by atoms with Crippen LogP contribution in [0.3, 0.4) is 0 Å². The van der Waals surface area contributed by atoms with Gasteiger partial charge in [0.2, 0.25) is 0 Å². The Hall–Kier alpha value is -0.940. The maximum absolute atomic E-state index is 12.3. The standard InChI is InChI=1S/C7H7FO3S/c8-7-3-1-6(2-4-7)5-12(9,10)11/h1-4H,5H2,(H,9,10,11)/p-1. The first-order valence-electron chi connectivity index (χ1n) is 3.15. The fourth-order valence-corrected chi connectivity index (χ4v) is 1.39. The Morgan fingerprint density at radius 2 is 1.75 bits per heavy atom. The third kappa shape index (κ3) is 2.98. The van der Waals surface area contributed by atoms with Gasteiger partial charge in [-0.3, -0.25) is 0 Å². The Morgan fingerprint density at radius 1 is 1.25 bits per heavy atom. The van der Waals surface area contributed by atoms with E-state index in [0.717, 1.165) is 12.1 Å². The van der Waals surface area contributed by atoms with Gasteiger partial charge >= 0.3 is 0 Å². The van der Waals surface area contributed by atoms with Crippen molar-refractivity contribution in [2.45, 2.75) is 5.75 Å². The van der Waals surface area contributed by atoms with Crippen LogP contribution >= 0.6 is 0 Å². The van der Waals surface area contributed by atoms with Gasteiger partial charge in [-0.15, -0.1) is 0 Å². The van der Waals surface area contributed by atoms with Gasteiger partial charge in [0.15, 0.2) is 0 Å². The topological polar surface area (TPSA) is 57.2 Å². The average Bonchev–Trinajstić information content (AvgIpc) is 1.91. The predicted molar refractivity (Wildman–Crippen MR) is 39.8 cm³/mol. The Kier molecular flexibility index (Phi) is 2.44. The molecule has 0 spiro atoms. The van der Waals surface area contributed by atoms with E-state index in [4.69, 9.17) is 0 Å². The second-order valence-corrected chi connectivity index (χ2v) is 3.73. The molecular weight excluding hydrogens is 183 g/mol. The van der Waals surface area contributed by atoms with Crippen LogP contribution in [0.25, 0.3) is 0 Å². The Labute approximate surface area is 69.6 Å². The van der Waals surface area contributed by atoms with Crippen molar-refractivity contribution >= 4 is 10.1 Å². The van der Waals surface area contributed by atoms with Crippen molar-refractivity contribution in [2.75, 3.05) is 0 Å². The minimum Gasteiger partial charge on any atom is -0.748 e. The zero-order valence-corrected chi connectivity index (χ0v) is 6.84. The molecule has 0 aliphatic carbocycles. The Balaban J connectivity index is 2.85. The predicted octanol–water partition coefficient (Wildman–Crippen LogP) is 0.871. The molecule has 0 radical (unpaired) electrons. The van der Waals surface area contributed by atoms with Crippen LogP contribution in [0.4, 0.5) is 4.39 Å². The molecule has 0 amide bonds. The van der Waals surface area contributed by atoms with Crippen LogP contribution in [0, 0.1) is 5.82 Å². The van der Waals surface area contributed by atoms with Crippen molar-refractivity contribution in [1.29, 1.82) is 0 Å². The lowest BCUT2D eigenvalue weighted by molar-refractivity contribution is 0.462. The molecule has 0 aliphatic heterocycles. The molecule has 0 fully saturated rings. The van der Waals surface area contributed by atoms with Crippen LogP contribution in [0.2, 0.25) is 0 Å². The van der Waals surface area contributed by atoms with Gasteiger partial charge in [0.1, 0.15) is 5.82 Å². The summed E-state index contributed by atoms with van der Waals surface area (Å²) in [5, 5.41) is 0. The molecule has 0 bridgehead atoms. The summed E-state index contributed by atoms with van der Waals surface area (Å²) in [5.74, 6) is -1.05. The molecular formula is C7H6FO3S-. The maximum atomic E-state index is 12.3. The second kappa shape index (κ2) is 3.20. The van der Waals surface area contributed by atoms with Gasteiger partial charge in [-0.05, 0) is 17.7 Å². The van der Waals surface area contributed by atoms with Crippen molar-refractivity contribution in [3.05, 3.63) is 35.6 Å². The molecule has 0 unspecified atom stereocenters. The van der Waals surface area contributed by atoms with Gasteiger partial charge in [0.05, 0.1) is 15.9 Å². The number of hydrogen-bond acceptors (Lipinski definition) is 3. The summed E-state index contributed by atoms with van der Waals surface area (Å²) < 4.78 is 43.0. The van der Waals surface area contributed by atoms with Crippen LogP contribution in [-0.4, -0.2) is 13.0 Å². The zero-order valence-electron chi connectivity index (χ0n) is 6.03. The molecule has 1 rings (SSSR count). The molecule has 0 N–H and O–H groups in total. The van der Waals surface area contributed by atoms with E-state index in [9.17, 15) is 17.4 Å². The third-order valence-corrected chi connectivity index (χ3v) is 1.94. The number of rotatable bonds is 2. The minimum atomic E-state index is -4.26. The highest BCUT2D eigenvalue weighted by atomic mass is 32.2. The Morgan fingerprint density at radius 3 is 2.17 bits per heavy atom. The van der Waals surface area contributed by atoms with E-state index < -0.39 is 21.7 Å². The van der Waals surface area contributed by atoms with Gasteiger partial charge < -0.3 is 4.55 Å². The summed E-state index contributed by atoms with van der Waals surface area (Å²) in [6, 6.07) is 4.76. The molecule has 5 heteroatoms. The highest BCUT2D eigenvalue weighted by Gasteiger charge is 1.98. The summed E-state index contributed by atoms with van der Waals surface area (Å²) in [7, 11) is -4.26. The molecule has 0 atom stereocenters. The van der Waals surface area contributed by atoms with Crippen LogP contribution in [0.15, 0.2) is 24.3 Å². The van der Waals surface area contributed by atoms with Gasteiger partial charge in [0.25, 0.3) is 0 Å². The largest absolute Gasteiger partial charge is 0.748 e. The molecule has 0 saturated carbocycles. The van der Waals surface area contributed by atoms with Crippen molar-refractivity contribution in [3.63, 3.8) is 0 Å². The van der Waals surface area contributed by atoms with Crippen LogP contribution in [0.1, 0.15) is 5.56 Å². The van der Waals surface area contributed by atoms with Crippen LogP contribution in [-0.2, 0) is 15.9 Å². The zero-order chi connectivity index (χ0) is 9.19. The molecule has 1 aromatic carbocycles. The molecule has 0 aliphatic rings. The van der Waals surface area contributed by atoms with Gasteiger partial charge in [-0.25, -0.2) is 12.8 Å². The fraction of sp³-hybridized carbons (Fsp3) is 0.143. The molecule has 0 saturated heterocycles. The van der Waals surface area contributed by atoms with Crippen molar-refractivity contribution in [2.24, 2.45) is 0 Å². The van der Waals surface area contributed by atoms with Crippen molar-refractivity contribution in [1.82, 2.24) is 0 Å². The number of hydrogen-bond donors (Lipinski definition) is 0. The first-order chi connectivity index (χ1) is 5.47. The lowest BCUT2D eigenvalue weighted by Gasteiger charge is -2.05. The van der Waals surface area contributed by atoms with Gasteiger partial charge in [0, 0.05) is 0 Å². The van der Waals surface area contributed by atoms with E-state index >= 15 is 0 Å². The summed E-state index contributed by atoms with van der Waals surface area (Å²) in [6.07, 6.45) is 0. The summed E-state index contributed by atoms with van der Waals surface area (Å²) >= 11 is 0. The van der Waals surface area contributed by atoms with E-state index in [1.807, 2.05) is 0 Å². The minimum absolute atomic E-state index is 0.298. The third-order valence-electron chi connectivity index (χ3n) is 1.26. The first kappa shape index (κ1) is 9.15. The molecule has 66 valence electrons. The van der Waals surface area contributed by atoms with E-state index in [0.29, 0.717) is 5.56 Å². The SMILES string of the molecule is O=S(=O)([O-])Cc1ccc(F)cc1. The van der Waals surface area contributed by atoms with Crippen molar-refractivity contribution < 1.29 is 17.4 Å². The average molecular weight is 189 g/mol. The van der Waals surface area contributed by atoms with E-state index in [1.165, 1.54) is 12.1 Å². The molecule has 3 nitrogen and oxygen atoms in total. The first-order valence-corrected chi connectivity index (χ1v) is 4.73. The molecule has 1 aromatic rings. The van der Waals surface area contributed by atoms with Crippen LogP contribution in [0.5, 0.6) is 0 Å². The van der Waals surface area contributed by atoms with Gasteiger partial charge in [-0.1, -0.05) is 12.1 Å². The van der Waals surface area contributed by atoms with E-state index in [1.54, 1.807) is 0 Å². The highest BCUT2D eigenvalue weighted by molar-refractivity contribution is 7.84. The number of benzene rings is 1. The molecule has 12 heavy (non-hydrogen) atoms. The summed E-state index contributed by atoms with van der Waals surface area (Å²) in [5.41, 5.74) is 0.298. The highest BCUT2D eigenvalue weighted by Crippen LogP contribution is 2.05. The summed E-state index contributed by atoms with van der Waals surface area (Å²) in [6.45, 7) is 0. The van der Waals surface area contributed by atoms with Crippen molar-refractivity contribution in [3.8, 4) is 0 Å². The van der Waals surface area contributed by atoms with E-state index in [2.05, 4.69) is 0 Å². The van der Waals surface area contributed by atoms with Crippen LogP contribution < -0.4 is 0 Å². The maximum Gasteiger partial charge on any atom is 0.123 e. The van der Waals surface area contributed by atoms with E-state index in [-0.39, 0.29) is 0 Å². The monoisotopic (exact) mass is 189 g/mol. The Bertz CT molecular complexity index is 355. The molecule has 0 heterocycles.